The van der Waals surface area contributed by atoms with Crippen LogP contribution in [0.2, 0.25) is 0 Å². The number of piperidine rings is 1. The number of hydrazine groups is 1. The molecular weight excluding hydrogens is 727 g/mol. The van der Waals surface area contributed by atoms with E-state index in [9.17, 15) is 20.2 Å². The molecule has 0 saturated carbocycles. The van der Waals surface area contributed by atoms with Crippen LogP contribution in [-0.2, 0) is 21.5 Å². The van der Waals surface area contributed by atoms with Gasteiger partial charge in [0.15, 0.2) is 11.5 Å². The molecule has 0 aromatic heterocycles. The summed E-state index contributed by atoms with van der Waals surface area (Å²) >= 11 is 0. The first-order chi connectivity index (χ1) is 27.5. The van der Waals surface area contributed by atoms with Gasteiger partial charge in [0.05, 0.1) is 32.8 Å². The van der Waals surface area contributed by atoms with Gasteiger partial charge in [-0.2, -0.15) is 5.26 Å². The molecule has 0 spiro atoms. The van der Waals surface area contributed by atoms with Crippen molar-refractivity contribution < 1.29 is 33.7 Å². The zero-order chi connectivity index (χ0) is 41.7. The molecule has 1 heterocycles. The van der Waals surface area contributed by atoms with E-state index < -0.39 is 22.2 Å². The summed E-state index contributed by atoms with van der Waals surface area (Å²) in [4.78, 5) is 30.4. The Morgan fingerprint density at radius 1 is 0.930 bits per heavy atom. The molecule has 1 saturated heterocycles. The molecule has 2 atom stereocenters. The Balaban J connectivity index is 1.69. The van der Waals surface area contributed by atoms with Crippen LogP contribution in [0, 0.1) is 21.4 Å². The number of rotatable bonds is 28. The van der Waals surface area contributed by atoms with Crippen LogP contribution in [-0.4, -0.2) is 87.2 Å². The standard InChI is InChI=1S/C44H69N5O8/c1-8-9-10-11-12-13-14-15-16-19-24-43(34-45,38-32-40(53-5)42(55-7)41(33-38)54-6)25-20-28-47(4)29-23-37-21-17-18-22-39(37)56-44(35(2)57-49(51)52)26-30-48(31-27-44)46-36(3)50/h17-18,21-22,32-33,35H,8-16,19-20,23-31H2,1-7H3,(H,46,50). The number of para-hydroxylation sites is 1. The molecule has 318 valence electrons. The zero-order valence-electron chi connectivity index (χ0n) is 35.7. The summed E-state index contributed by atoms with van der Waals surface area (Å²) in [7, 11) is 6.88. The molecule has 0 radical (unpaired) electrons. The van der Waals surface area contributed by atoms with Gasteiger partial charge in [-0.15, -0.1) is 10.1 Å². The lowest BCUT2D eigenvalue weighted by atomic mass is 9.73. The largest absolute Gasteiger partial charge is 0.493 e. The highest BCUT2D eigenvalue weighted by Gasteiger charge is 2.44. The number of nitrogens with zero attached hydrogens (tertiary/aromatic N) is 4. The molecule has 1 aliphatic heterocycles. The molecule has 1 amide bonds. The third-order valence-electron chi connectivity index (χ3n) is 11.5. The Morgan fingerprint density at radius 2 is 1.51 bits per heavy atom. The van der Waals surface area contributed by atoms with E-state index in [1.165, 1.54) is 58.3 Å². The van der Waals surface area contributed by atoms with E-state index in [1.54, 1.807) is 28.3 Å². The molecule has 13 heteroatoms. The third kappa shape index (κ3) is 14.6. The second-order valence-corrected chi connectivity index (χ2v) is 15.6. The summed E-state index contributed by atoms with van der Waals surface area (Å²) in [6.45, 7) is 7.84. The fraction of sp³-hybridized carbons (Fsp3) is 0.682. The highest BCUT2D eigenvalue weighted by atomic mass is 17.0. The smallest absolute Gasteiger partial charge is 0.294 e. The highest BCUT2D eigenvalue weighted by Crippen LogP contribution is 2.44. The fourth-order valence-electron chi connectivity index (χ4n) is 8.00. The van der Waals surface area contributed by atoms with Crippen LogP contribution in [0.4, 0.5) is 0 Å². The lowest BCUT2D eigenvalue weighted by Gasteiger charge is -2.44. The first-order valence-electron chi connectivity index (χ1n) is 21.0. The lowest BCUT2D eigenvalue weighted by Crippen LogP contribution is -2.58. The molecule has 13 nitrogen and oxygen atoms in total. The second-order valence-electron chi connectivity index (χ2n) is 15.6. The Bertz CT molecular complexity index is 1530. The maximum absolute atomic E-state index is 11.7. The number of carbonyl (C=O) groups excluding carboxylic acids is 1. The highest BCUT2D eigenvalue weighted by molar-refractivity contribution is 5.72. The van der Waals surface area contributed by atoms with Gasteiger partial charge in [-0.3, -0.25) is 10.2 Å². The summed E-state index contributed by atoms with van der Waals surface area (Å²) in [5.74, 6) is 2.11. The van der Waals surface area contributed by atoms with Crippen molar-refractivity contribution >= 4 is 5.91 Å². The Labute approximate surface area is 341 Å². The quantitative estimate of drug-likeness (QED) is 0.0501. The SMILES string of the molecule is CCCCCCCCCCCCC(C#N)(CCCN(C)CCc1ccccc1OC1(C(C)O[N+](=O)[O-])CCN(NC(C)=O)CC1)c1cc(OC)c(OC)c(OC)c1. The van der Waals surface area contributed by atoms with Gasteiger partial charge >= 0.3 is 0 Å². The average molecular weight is 796 g/mol. The van der Waals surface area contributed by atoms with Crippen LogP contribution in [0.25, 0.3) is 0 Å². The second kappa shape index (κ2) is 24.5. The Morgan fingerprint density at radius 3 is 2.05 bits per heavy atom. The summed E-state index contributed by atoms with van der Waals surface area (Å²) < 4.78 is 23.7. The maximum atomic E-state index is 11.7. The molecule has 0 bridgehead atoms. The molecule has 1 aliphatic rings. The maximum Gasteiger partial charge on any atom is 0.294 e. The Kier molecular flexibility index (Phi) is 20.2. The van der Waals surface area contributed by atoms with Gasteiger partial charge in [-0.1, -0.05) is 89.3 Å². The van der Waals surface area contributed by atoms with Crippen molar-refractivity contribution in [2.24, 2.45) is 0 Å². The predicted molar refractivity (Wildman–Crippen MR) is 222 cm³/mol. The minimum absolute atomic E-state index is 0.166. The van der Waals surface area contributed by atoms with Gasteiger partial charge in [0, 0.05) is 39.4 Å². The van der Waals surface area contributed by atoms with E-state index in [0.717, 1.165) is 49.9 Å². The van der Waals surface area contributed by atoms with E-state index in [4.69, 9.17) is 23.8 Å². The normalized spacial score (nSPS) is 15.6. The first-order valence-corrected chi connectivity index (χ1v) is 21.0. The molecule has 1 fully saturated rings. The van der Waals surface area contributed by atoms with Gasteiger partial charge in [0.25, 0.3) is 5.09 Å². The number of hydrogen-bond acceptors (Lipinski definition) is 11. The predicted octanol–water partition coefficient (Wildman–Crippen LogP) is 8.60. The van der Waals surface area contributed by atoms with Crippen molar-refractivity contribution in [1.82, 2.24) is 15.3 Å². The van der Waals surface area contributed by atoms with Crippen molar-refractivity contribution in [2.45, 2.75) is 141 Å². The minimum Gasteiger partial charge on any atom is -0.493 e. The topological polar surface area (TPSA) is 149 Å². The number of benzene rings is 2. The number of amides is 1. The van der Waals surface area contributed by atoms with Crippen LogP contribution in [0.3, 0.4) is 0 Å². The number of hydrogen-bond donors (Lipinski definition) is 1. The summed E-state index contributed by atoms with van der Waals surface area (Å²) in [5.41, 5.74) is 3.01. The van der Waals surface area contributed by atoms with Crippen LogP contribution in [0.1, 0.15) is 128 Å². The number of methoxy groups -OCH3 is 3. The number of ether oxygens (including phenoxy) is 4. The molecule has 2 aromatic carbocycles. The number of carbonyl (C=O) groups is 1. The zero-order valence-corrected chi connectivity index (χ0v) is 35.7. The molecule has 0 aliphatic carbocycles. The van der Waals surface area contributed by atoms with Crippen LogP contribution < -0.4 is 24.4 Å². The van der Waals surface area contributed by atoms with E-state index >= 15 is 0 Å². The Hall–Kier alpha value is -4.28. The van der Waals surface area contributed by atoms with Crippen molar-refractivity contribution in [1.29, 1.82) is 5.26 Å². The van der Waals surface area contributed by atoms with Crippen LogP contribution >= 0.6 is 0 Å². The molecule has 2 aromatic rings. The first kappa shape index (κ1) is 47.1. The van der Waals surface area contributed by atoms with Crippen molar-refractivity contribution in [2.75, 3.05) is 54.6 Å². The van der Waals surface area contributed by atoms with Gasteiger partial charge in [-0.05, 0) is 75.5 Å². The molecule has 57 heavy (non-hydrogen) atoms. The van der Waals surface area contributed by atoms with Crippen LogP contribution in [0.5, 0.6) is 23.0 Å². The molecule has 1 N–H and O–H groups in total. The number of nitriles is 1. The molecular formula is C44H69N5O8. The van der Waals surface area contributed by atoms with Crippen molar-refractivity contribution in [3.05, 3.63) is 57.6 Å². The summed E-state index contributed by atoms with van der Waals surface area (Å²) in [6, 6.07) is 14.4. The van der Waals surface area contributed by atoms with E-state index in [0.29, 0.717) is 61.8 Å². The number of nitrogens with one attached hydrogen (secondary N) is 1. The van der Waals surface area contributed by atoms with E-state index in [-0.39, 0.29) is 5.91 Å². The summed E-state index contributed by atoms with van der Waals surface area (Å²) in [6.07, 6.45) is 15.3. The summed E-state index contributed by atoms with van der Waals surface area (Å²) in [5, 5.41) is 23.3. The number of likely N-dealkylation sites (N-methyl/N-ethyl adjacent to an activating group) is 1. The minimum atomic E-state index is -0.953. The third-order valence-corrected chi connectivity index (χ3v) is 11.5. The van der Waals surface area contributed by atoms with Gasteiger partial charge in [0.2, 0.25) is 11.7 Å². The lowest BCUT2D eigenvalue weighted by molar-refractivity contribution is -0.771. The van der Waals surface area contributed by atoms with Crippen LogP contribution in [0.15, 0.2) is 36.4 Å². The monoisotopic (exact) mass is 796 g/mol. The average Bonchev–Trinajstić information content (AvgIpc) is 3.20. The van der Waals surface area contributed by atoms with Gasteiger partial charge in [-0.25, -0.2) is 5.01 Å². The van der Waals surface area contributed by atoms with Gasteiger partial charge < -0.3 is 28.7 Å². The number of unbranched alkanes of at least 4 members (excludes halogenated alkanes) is 9. The van der Waals surface area contributed by atoms with E-state index in [2.05, 4.69) is 30.4 Å². The van der Waals surface area contributed by atoms with Crippen molar-refractivity contribution in [3.8, 4) is 29.1 Å². The molecule has 3 rings (SSSR count). The van der Waals surface area contributed by atoms with Crippen molar-refractivity contribution in [3.63, 3.8) is 0 Å². The van der Waals surface area contributed by atoms with Gasteiger partial charge in [0.1, 0.15) is 17.5 Å². The fourth-order valence-corrected chi connectivity index (χ4v) is 8.00. The van der Waals surface area contributed by atoms with E-state index in [1.807, 2.05) is 41.4 Å². The molecule has 2 unspecified atom stereocenters.